The second-order valence-corrected chi connectivity index (χ2v) is 6.98. The highest BCUT2D eigenvalue weighted by Gasteiger charge is 2.36. The number of nitrogens with one attached hydrogen (secondary N) is 1. The zero-order chi connectivity index (χ0) is 18.9. The lowest BCUT2D eigenvalue weighted by Gasteiger charge is -2.38. The van der Waals surface area contributed by atoms with E-state index in [-0.39, 0.29) is 11.1 Å². The van der Waals surface area contributed by atoms with Crippen molar-refractivity contribution in [1.82, 2.24) is 19.8 Å². The van der Waals surface area contributed by atoms with E-state index in [4.69, 9.17) is 16.3 Å². The van der Waals surface area contributed by atoms with E-state index in [1.807, 2.05) is 24.3 Å². The number of aromatic nitrogens is 4. The van der Waals surface area contributed by atoms with Gasteiger partial charge in [0.15, 0.2) is 5.65 Å². The van der Waals surface area contributed by atoms with Gasteiger partial charge in [-0.1, -0.05) is 29.8 Å². The summed E-state index contributed by atoms with van der Waals surface area (Å²) < 4.78 is 32.7. The number of alkyl halides is 2. The molecule has 0 radical (unpaired) electrons. The quantitative estimate of drug-likeness (QED) is 0.712. The molecule has 0 saturated carbocycles. The standard InChI is InChI=1S/C18H18ClF2N5O/c19-13-4-2-1-3-12(13)18(7-9-27-10-8-18)11-22-14-5-6-15-23-24-17(16(20)21)26(15)25-14/h1-6,16H,7-11H2,(H,22,25). The molecule has 0 spiro atoms. The van der Waals surface area contributed by atoms with Crippen LogP contribution in [0.5, 0.6) is 0 Å². The second kappa shape index (κ2) is 7.36. The topological polar surface area (TPSA) is 64.3 Å². The number of fused-ring (bicyclic) bond motifs is 1. The Kier molecular flexibility index (Phi) is 4.92. The number of rotatable bonds is 5. The Labute approximate surface area is 159 Å². The van der Waals surface area contributed by atoms with E-state index in [2.05, 4.69) is 20.6 Å². The number of anilines is 1. The van der Waals surface area contributed by atoms with Crippen molar-refractivity contribution in [3.05, 3.63) is 52.8 Å². The van der Waals surface area contributed by atoms with Gasteiger partial charge in [0, 0.05) is 30.2 Å². The van der Waals surface area contributed by atoms with Crippen LogP contribution in [0.4, 0.5) is 14.6 Å². The van der Waals surface area contributed by atoms with Crippen LogP contribution in [0, 0.1) is 0 Å². The molecule has 1 aliphatic heterocycles. The van der Waals surface area contributed by atoms with E-state index in [0.717, 1.165) is 22.9 Å². The van der Waals surface area contributed by atoms with Crippen molar-refractivity contribution in [2.24, 2.45) is 0 Å². The van der Waals surface area contributed by atoms with Crippen molar-refractivity contribution >= 4 is 23.1 Å². The summed E-state index contributed by atoms with van der Waals surface area (Å²) in [6, 6.07) is 11.1. The van der Waals surface area contributed by atoms with Gasteiger partial charge in [-0.2, -0.15) is 4.52 Å². The van der Waals surface area contributed by atoms with E-state index in [0.29, 0.717) is 30.6 Å². The van der Waals surface area contributed by atoms with E-state index in [9.17, 15) is 8.78 Å². The van der Waals surface area contributed by atoms with Crippen LogP contribution >= 0.6 is 11.6 Å². The Balaban J connectivity index is 1.62. The summed E-state index contributed by atoms with van der Waals surface area (Å²) in [7, 11) is 0. The lowest BCUT2D eigenvalue weighted by Crippen LogP contribution is -2.40. The molecule has 0 bridgehead atoms. The van der Waals surface area contributed by atoms with E-state index < -0.39 is 12.2 Å². The molecular formula is C18H18ClF2N5O. The minimum absolute atomic E-state index is 0.216. The van der Waals surface area contributed by atoms with Crippen molar-refractivity contribution in [3.63, 3.8) is 0 Å². The summed E-state index contributed by atoms with van der Waals surface area (Å²) in [5, 5.41) is 15.4. The van der Waals surface area contributed by atoms with Gasteiger partial charge >= 0.3 is 0 Å². The van der Waals surface area contributed by atoms with Crippen LogP contribution in [0.3, 0.4) is 0 Å². The fourth-order valence-electron chi connectivity index (χ4n) is 3.49. The van der Waals surface area contributed by atoms with Crippen molar-refractivity contribution in [2.75, 3.05) is 25.1 Å². The normalized spacial score (nSPS) is 16.7. The summed E-state index contributed by atoms with van der Waals surface area (Å²) in [6.07, 6.45) is -1.13. The first kappa shape index (κ1) is 18.1. The van der Waals surface area contributed by atoms with Crippen molar-refractivity contribution < 1.29 is 13.5 Å². The lowest BCUT2D eigenvalue weighted by atomic mass is 9.74. The Morgan fingerprint density at radius 1 is 1.15 bits per heavy atom. The van der Waals surface area contributed by atoms with Crippen molar-refractivity contribution in [3.8, 4) is 0 Å². The molecule has 1 fully saturated rings. The molecule has 1 N–H and O–H groups in total. The van der Waals surface area contributed by atoms with E-state index >= 15 is 0 Å². The molecule has 6 nitrogen and oxygen atoms in total. The van der Waals surface area contributed by atoms with Crippen LogP contribution in [0.2, 0.25) is 5.02 Å². The van der Waals surface area contributed by atoms with Gasteiger partial charge in [0.1, 0.15) is 5.82 Å². The predicted octanol–water partition coefficient (Wildman–Crippen LogP) is 3.88. The maximum Gasteiger partial charge on any atom is 0.299 e. The van der Waals surface area contributed by atoms with Gasteiger partial charge in [-0.3, -0.25) is 0 Å². The van der Waals surface area contributed by atoms with Crippen LogP contribution in [-0.4, -0.2) is 39.6 Å². The molecule has 4 rings (SSSR count). The molecule has 1 aliphatic rings. The molecular weight excluding hydrogens is 376 g/mol. The Morgan fingerprint density at radius 3 is 2.67 bits per heavy atom. The highest BCUT2D eigenvalue weighted by atomic mass is 35.5. The highest BCUT2D eigenvalue weighted by Crippen LogP contribution is 2.38. The maximum atomic E-state index is 13.1. The number of halogens is 3. The zero-order valence-corrected chi connectivity index (χ0v) is 15.2. The molecule has 1 saturated heterocycles. The van der Waals surface area contributed by atoms with Gasteiger partial charge in [0.05, 0.1) is 0 Å². The smallest absolute Gasteiger partial charge is 0.299 e. The molecule has 9 heteroatoms. The summed E-state index contributed by atoms with van der Waals surface area (Å²) in [6.45, 7) is 1.84. The van der Waals surface area contributed by atoms with E-state index in [1.54, 1.807) is 12.1 Å². The molecule has 142 valence electrons. The fraction of sp³-hybridized carbons (Fsp3) is 0.389. The summed E-state index contributed by atoms with van der Waals surface area (Å²) in [5.74, 6) is 0.00246. The van der Waals surface area contributed by atoms with Crippen LogP contribution in [0.25, 0.3) is 5.65 Å². The molecule has 0 unspecified atom stereocenters. The number of benzene rings is 1. The lowest BCUT2D eigenvalue weighted by molar-refractivity contribution is 0.0544. The minimum Gasteiger partial charge on any atom is -0.381 e. The largest absolute Gasteiger partial charge is 0.381 e. The molecule has 1 aromatic carbocycles. The van der Waals surface area contributed by atoms with Crippen LogP contribution in [0.15, 0.2) is 36.4 Å². The number of hydrogen-bond donors (Lipinski definition) is 1. The first-order chi connectivity index (χ1) is 13.1. The first-order valence-electron chi connectivity index (χ1n) is 8.66. The average molecular weight is 394 g/mol. The van der Waals surface area contributed by atoms with Crippen molar-refractivity contribution in [1.29, 1.82) is 0 Å². The summed E-state index contributed by atoms with van der Waals surface area (Å²) in [5.41, 5.74) is 1.12. The Morgan fingerprint density at radius 2 is 1.93 bits per heavy atom. The van der Waals surface area contributed by atoms with Crippen molar-refractivity contribution in [2.45, 2.75) is 24.7 Å². The minimum atomic E-state index is -2.74. The van der Waals surface area contributed by atoms with Gasteiger partial charge in [-0.15, -0.1) is 15.3 Å². The molecule has 3 aromatic rings. The third-order valence-electron chi connectivity index (χ3n) is 4.99. The van der Waals surface area contributed by atoms with Gasteiger partial charge in [0.25, 0.3) is 6.43 Å². The predicted molar refractivity (Wildman–Crippen MR) is 97.4 cm³/mol. The fourth-order valence-corrected chi connectivity index (χ4v) is 3.83. The monoisotopic (exact) mass is 393 g/mol. The van der Waals surface area contributed by atoms with E-state index in [1.165, 1.54) is 0 Å². The van der Waals surface area contributed by atoms with Crippen LogP contribution in [-0.2, 0) is 10.2 Å². The first-order valence-corrected chi connectivity index (χ1v) is 9.04. The average Bonchev–Trinajstić information content (AvgIpc) is 3.11. The maximum absolute atomic E-state index is 13.1. The molecule has 2 aromatic heterocycles. The van der Waals surface area contributed by atoms with Gasteiger partial charge in [-0.05, 0) is 36.6 Å². The van der Waals surface area contributed by atoms with Gasteiger partial charge < -0.3 is 10.1 Å². The second-order valence-electron chi connectivity index (χ2n) is 6.57. The number of nitrogens with zero attached hydrogens (tertiary/aromatic N) is 4. The summed E-state index contributed by atoms with van der Waals surface area (Å²) >= 11 is 6.46. The molecule has 0 amide bonds. The Hall–Kier alpha value is -2.32. The summed E-state index contributed by atoms with van der Waals surface area (Å²) in [4.78, 5) is 0. The highest BCUT2D eigenvalue weighted by molar-refractivity contribution is 6.31. The molecule has 0 aliphatic carbocycles. The third-order valence-corrected chi connectivity index (χ3v) is 5.31. The van der Waals surface area contributed by atoms with Crippen LogP contribution in [0.1, 0.15) is 30.7 Å². The van der Waals surface area contributed by atoms with Crippen LogP contribution < -0.4 is 5.32 Å². The molecule has 27 heavy (non-hydrogen) atoms. The van der Waals surface area contributed by atoms with Gasteiger partial charge in [-0.25, -0.2) is 8.78 Å². The molecule has 3 heterocycles. The third kappa shape index (κ3) is 3.46. The van der Waals surface area contributed by atoms with Gasteiger partial charge in [0.2, 0.25) is 5.82 Å². The molecule has 0 atom stereocenters. The number of hydrogen-bond acceptors (Lipinski definition) is 5. The number of ether oxygens (including phenoxy) is 1. The SMILES string of the molecule is FC(F)c1nnc2ccc(NCC3(c4ccccc4Cl)CCOCC3)nn12. The Bertz CT molecular complexity index is 942. The zero-order valence-electron chi connectivity index (χ0n) is 14.4.